The largest absolute Gasteiger partial charge is 0.464 e. The maximum Gasteiger partial charge on any atom is 0.358 e. The number of aromatic nitrogens is 1. The van der Waals surface area contributed by atoms with Crippen molar-refractivity contribution in [2.45, 2.75) is 4.21 Å². The average Bonchev–Trinajstić information content (AvgIpc) is 2.87. The molecule has 0 aliphatic heterocycles. The first-order valence-electron chi connectivity index (χ1n) is 5.22. The maximum absolute atomic E-state index is 12.3. The Morgan fingerprint density at radius 2 is 2.00 bits per heavy atom. The molecule has 1 heterocycles. The fraction of sp³-hybridized carbons (Fsp3) is 0.556. The van der Waals surface area contributed by atoms with Crippen LogP contribution in [0.25, 0.3) is 0 Å². The number of esters is 1. The van der Waals surface area contributed by atoms with Crippen molar-refractivity contribution in [3.63, 3.8) is 0 Å². The van der Waals surface area contributed by atoms with E-state index in [-0.39, 0.29) is 23.0 Å². The molecular weight excluding hydrogens is 296 g/mol. The Bertz CT molecular complexity index is 521. The highest BCUT2D eigenvalue weighted by Crippen LogP contribution is 2.24. The molecule has 0 saturated carbocycles. The fourth-order valence-corrected chi connectivity index (χ4v) is 4.04. The van der Waals surface area contributed by atoms with Gasteiger partial charge in [-0.25, -0.2) is 18.2 Å². The maximum atomic E-state index is 12.3. The second kappa shape index (κ2) is 6.91. The lowest BCUT2D eigenvalue weighted by Gasteiger charge is -2.19. The first-order valence-corrected chi connectivity index (χ1v) is 7.54. The molecule has 0 fully saturated rings. The predicted molar refractivity (Wildman–Crippen MR) is 66.4 cm³/mol. The SMILES string of the molecule is COC(=O)c1ncsc1S(=O)(=O)N(CCO)CCO. The number of rotatable bonds is 7. The highest BCUT2D eigenvalue weighted by atomic mass is 32.2. The zero-order chi connectivity index (χ0) is 14.5. The summed E-state index contributed by atoms with van der Waals surface area (Å²) in [5, 5.41) is 17.7. The number of aliphatic hydroxyl groups excluding tert-OH is 2. The minimum absolute atomic E-state index is 0.179. The molecule has 108 valence electrons. The Morgan fingerprint density at radius 1 is 1.42 bits per heavy atom. The zero-order valence-corrected chi connectivity index (χ0v) is 11.8. The number of carbonyl (C=O) groups is 1. The van der Waals surface area contributed by atoms with Crippen LogP contribution >= 0.6 is 11.3 Å². The Balaban J connectivity index is 3.18. The predicted octanol–water partition coefficient (Wildman–Crippen LogP) is -1.09. The number of hydrogen-bond donors (Lipinski definition) is 2. The number of carbonyl (C=O) groups excluding carboxylic acids is 1. The molecule has 0 aliphatic rings. The van der Waals surface area contributed by atoms with Crippen LogP contribution in [0.4, 0.5) is 0 Å². The van der Waals surface area contributed by atoms with E-state index in [0.29, 0.717) is 0 Å². The molecule has 0 spiro atoms. The van der Waals surface area contributed by atoms with E-state index in [1.807, 2.05) is 0 Å². The van der Waals surface area contributed by atoms with Gasteiger partial charge >= 0.3 is 5.97 Å². The first kappa shape index (κ1) is 16.0. The first-order chi connectivity index (χ1) is 8.98. The van der Waals surface area contributed by atoms with Crippen LogP contribution in [0.15, 0.2) is 9.72 Å². The molecule has 0 amide bonds. The van der Waals surface area contributed by atoms with Gasteiger partial charge in [0.2, 0.25) is 0 Å². The van der Waals surface area contributed by atoms with Gasteiger partial charge in [0.05, 0.1) is 25.8 Å². The number of thiazole rings is 1. The molecule has 0 aromatic carbocycles. The number of nitrogens with zero attached hydrogens (tertiary/aromatic N) is 2. The second-order valence-corrected chi connectivity index (χ2v) is 6.32. The summed E-state index contributed by atoms with van der Waals surface area (Å²) in [6.07, 6.45) is 0. The zero-order valence-electron chi connectivity index (χ0n) is 10.1. The molecule has 0 atom stereocenters. The Labute approximate surface area is 114 Å². The van der Waals surface area contributed by atoms with E-state index in [1.54, 1.807) is 0 Å². The van der Waals surface area contributed by atoms with Crippen LogP contribution in [0.5, 0.6) is 0 Å². The Kier molecular flexibility index (Phi) is 5.82. The molecule has 0 saturated heterocycles. The lowest BCUT2D eigenvalue weighted by atomic mass is 10.5. The molecule has 1 aromatic rings. The highest BCUT2D eigenvalue weighted by Gasteiger charge is 2.31. The van der Waals surface area contributed by atoms with Crippen LogP contribution in [0, 0.1) is 0 Å². The van der Waals surface area contributed by atoms with Crippen molar-refractivity contribution in [1.82, 2.24) is 9.29 Å². The smallest absolute Gasteiger partial charge is 0.358 e. The molecule has 1 rings (SSSR count). The molecular formula is C9H14N2O6S2. The summed E-state index contributed by atoms with van der Waals surface area (Å²) in [5.74, 6) is -0.854. The third-order valence-electron chi connectivity index (χ3n) is 2.19. The lowest BCUT2D eigenvalue weighted by Crippen LogP contribution is -2.36. The van der Waals surface area contributed by atoms with Gasteiger partial charge in [-0.05, 0) is 0 Å². The topological polar surface area (TPSA) is 117 Å². The van der Waals surface area contributed by atoms with Crippen molar-refractivity contribution in [1.29, 1.82) is 0 Å². The van der Waals surface area contributed by atoms with Crippen LogP contribution in [0.2, 0.25) is 0 Å². The summed E-state index contributed by atoms with van der Waals surface area (Å²) >= 11 is 0.775. The van der Waals surface area contributed by atoms with Gasteiger partial charge in [-0.2, -0.15) is 4.31 Å². The Hall–Kier alpha value is -1.07. The van der Waals surface area contributed by atoms with Crippen molar-refractivity contribution in [2.75, 3.05) is 33.4 Å². The monoisotopic (exact) mass is 310 g/mol. The summed E-state index contributed by atoms with van der Waals surface area (Å²) in [7, 11) is -2.88. The van der Waals surface area contributed by atoms with E-state index in [4.69, 9.17) is 10.2 Å². The van der Waals surface area contributed by atoms with E-state index in [9.17, 15) is 13.2 Å². The normalized spacial score (nSPS) is 11.8. The summed E-state index contributed by atoms with van der Waals surface area (Å²) in [4.78, 5) is 15.1. The Morgan fingerprint density at radius 3 is 2.47 bits per heavy atom. The van der Waals surface area contributed by atoms with E-state index in [0.717, 1.165) is 22.8 Å². The van der Waals surface area contributed by atoms with Gasteiger partial charge in [0.1, 0.15) is 0 Å². The standard InChI is InChI=1S/C9H14N2O6S2/c1-17-8(14)7-9(18-6-10-7)19(15,16)11(2-4-12)3-5-13/h6,12-13H,2-5H2,1H3. The number of aliphatic hydroxyl groups is 2. The summed E-state index contributed by atoms with van der Waals surface area (Å²) in [6, 6.07) is 0. The van der Waals surface area contributed by atoms with E-state index in [1.165, 1.54) is 5.51 Å². The van der Waals surface area contributed by atoms with E-state index in [2.05, 4.69) is 9.72 Å². The van der Waals surface area contributed by atoms with Gasteiger partial charge < -0.3 is 14.9 Å². The van der Waals surface area contributed by atoms with E-state index < -0.39 is 29.2 Å². The van der Waals surface area contributed by atoms with Crippen LogP contribution in [0.3, 0.4) is 0 Å². The number of methoxy groups -OCH3 is 1. The van der Waals surface area contributed by atoms with Gasteiger partial charge in [-0.1, -0.05) is 0 Å². The average molecular weight is 310 g/mol. The van der Waals surface area contributed by atoms with Gasteiger partial charge in [0.15, 0.2) is 9.90 Å². The van der Waals surface area contributed by atoms with Gasteiger partial charge in [-0.3, -0.25) is 0 Å². The van der Waals surface area contributed by atoms with Gasteiger partial charge in [0, 0.05) is 13.1 Å². The second-order valence-electron chi connectivity index (χ2n) is 3.33. The van der Waals surface area contributed by atoms with Crippen molar-refractivity contribution in [2.24, 2.45) is 0 Å². The van der Waals surface area contributed by atoms with Crippen LogP contribution < -0.4 is 0 Å². The van der Waals surface area contributed by atoms with Crippen LogP contribution in [-0.2, 0) is 14.8 Å². The minimum atomic E-state index is -4.00. The molecule has 0 radical (unpaired) electrons. The van der Waals surface area contributed by atoms with Crippen molar-refractivity contribution < 1.29 is 28.2 Å². The van der Waals surface area contributed by atoms with Crippen molar-refractivity contribution in [3.8, 4) is 0 Å². The fourth-order valence-electron chi connectivity index (χ4n) is 1.34. The van der Waals surface area contributed by atoms with Crippen LogP contribution in [-0.4, -0.2) is 67.3 Å². The lowest BCUT2D eigenvalue weighted by molar-refractivity contribution is 0.0590. The number of hydrogen-bond acceptors (Lipinski definition) is 8. The van der Waals surface area contributed by atoms with Crippen molar-refractivity contribution >= 4 is 27.3 Å². The summed E-state index contributed by atoms with van der Waals surface area (Å²) in [6.45, 7) is -1.15. The number of ether oxygens (including phenoxy) is 1. The van der Waals surface area contributed by atoms with Gasteiger partial charge in [-0.15, -0.1) is 11.3 Å². The molecule has 10 heteroatoms. The van der Waals surface area contributed by atoms with Gasteiger partial charge in [0.25, 0.3) is 10.0 Å². The van der Waals surface area contributed by atoms with Crippen molar-refractivity contribution in [3.05, 3.63) is 11.2 Å². The quantitative estimate of drug-likeness (QED) is 0.614. The minimum Gasteiger partial charge on any atom is -0.464 e. The third-order valence-corrected chi connectivity index (χ3v) is 5.43. The molecule has 0 bridgehead atoms. The van der Waals surface area contributed by atoms with Crippen LogP contribution in [0.1, 0.15) is 10.5 Å². The molecule has 2 N–H and O–H groups in total. The summed E-state index contributed by atoms with van der Waals surface area (Å²) < 4.78 is 29.6. The van der Waals surface area contributed by atoms with E-state index >= 15 is 0 Å². The molecule has 1 aromatic heterocycles. The highest BCUT2D eigenvalue weighted by molar-refractivity contribution is 7.91. The summed E-state index contributed by atoms with van der Waals surface area (Å²) in [5.41, 5.74) is 0.920. The third kappa shape index (κ3) is 3.48. The molecule has 8 nitrogen and oxygen atoms in total. The molecule has 0 aliphatic carbocycles. The molecule has 0 unspecified atom stereocenters. The number of sulfonamides is 1. The molecule has 19 heavy (non-hydrogen) atoms.